The second-order valence-corrected chi connectivity index (χ2v) is 5.70. The van der Waals surface area contributed by atoms with Crippen LogP contribution in [0.15, 0.2) is 0 Å². The third kappa shape index (κ3) is 5.43. The minimum Gasteiger partial charge on any atom is -0.374 e. The molecule has 108 valence electrons. The van der Waals surface area contributed by atoms with Crippen molar-refractivity contribution in [1.82, 2.24) is 10.2 Å². The molecule has 0 radical (unpaired) electrons. The zero-order valence-corrected chi connectivity index (χ0v) is 12.9. The van der Waals surface area contributed by atoms with Crippen molar-refractivity contribution in [3.8, 4) is 0 Å². The summed E-state index contributed by atoms with van der Waals surface area (Å²) in [5.74, 6) is 0.624. The molecule has 0 aromatic heterocycles. The van der Waals surface area contributed by atoms with E-state index in [2.05, 4.69) is 31.0 Å². The van der Waals surface area contributed by atoms with E-state index < -0.39 is 0 Å². The Hall–Kier alpha value is 0.170. The SMILES string of the molecule is CCC(CC)C(Cl)CNCC1CN(CC)CCO1. The van der Waals surface area contributed by atoms with Gasteiger partial charge in [0.25, 0.3) is 0 Å². The molecule has 0 spiro atoms. The molecule has 1 saturated heterocycles. The van der Waals surface area contributed by atoms with Gasteiger partial charge in [-0.1, -0.05) is 33.6 Å². The lowest BCUT2D eigenvalue weighted by Gasteiger charge is -2.32. The molecule has 1 fully saturated rings. The second kappa shape index (κ2) is 9.13. The average Bonchev–Trinajstić information content (AvgIpc) is 2.40. The van der Waals surface area contributed by atoms with Crippen molar-refractivity contribution < 1.29 is 4.74 Å². The van der Waals surface area contributed by atoms with E-state index in [0.717, 1.165) is 52.2 Å². The van der Waals surface area contributed by atoms with Gasteiger partial charge in [-0.3, -0.25) is 4.90 Å². The minimum atomic E-state index is 0.242. The molecule has 0 saturated carbocycles. The van der Waals surface area contributed by atoms with Crippen LogP contribution >= 0.6 is 11.6 Å². The first-order chi connectivity index (χ1) is 8.71. The predicted octanol–water partition coefficient (Wildman–Crippen LogP) is 2.34. The zero-order chi connectivity index (χ0) is 13.4. The molecule has 1 aliphatic heterocycles. The highest BCUT2D eigenvalue weighted by Gasteiger charge is 2.20. The molecule has 2 unspecified atom stereocenters. The van der Waals surface area contributed by atoms with E-state index in [0.29, 0.717) is 12.0 Å². The number of rotatable bonds is 8. The summed E-state index contributed by atoms with van der Waals surface area (Å²) < 4.78 is 5.76. The lowest BCUT2D eigenvalue weighted by molar-refractivity contribution is -0.0252. The van der Waals surface area contributed by atoms with Crippen LogP contribution in [-0.2, 0) is 4.74 Å². The number of ether oxygens (including phenoxy) is 1. The first-order valence-electron chi connectivity index (χ1n) is 7.39. The van der Waals surface area contributed by atoms with Crippen molar-refractivity contribution in [2.24, 2.45) is 5.92 Å². The highest BCUT2D eigenvalue weighted by atomic mass is 35.5. The molecule has 2 atom stereocenters. The molecular weight excluding hydrogens is 248 g/mol. The van der Waals surface area contributed by atoms with Crippen molar-refractivity contribution >= 4 is 11.6 Å². The minimum absolute atomic E-state index is 0.242. The summed E-state index contributed by atoms with van der Waals surface area (Å²) in [5, 5.41) is 3.71. The Kier molecular flexibility index (Phi) is 8.23. The van der Waals surface area contributed by atoms with Crippen molar-refractivity contribution in [2.45, 2.75) is 45.1 Å². The van der Waals surface area contributed by atoms with Gasteiger partial charge in [0, 0.05) is 31.6 Å². The van der Waals surface area contributed by atoms with Crippen molar-refractivity contribution in [3.63, 3.8) is 0 Å². The fourth-order valence-electron chi connectivity index (χ4n) is 2.54. The Morgan fingerprint density at radius 2 is 2.06 bits per heavy atom. The van der Waals surface area contributed by atoms with E-state index in [4.69, 9.17) is 16.3 Å². The normalized spacial score (nSPS) is 23.5. The number of hydrogen-bond acceptors (Lipinski definition) is 3. The molecule has 0 bridgehead atoms. The monoisotopic (exact) mass is 276 g/mol. The van der Waals surface area contributed by atoms with E-state index in [1.54, 1.807) is 0 Å². The quantitative estimate of drug-likeness (QED) is 0.689. The van der Waals surface area contributed by atoms with Crippen LogP contribution in [0.25, 0.3) is 0 Å². The molecule has 0 aromatic rings. The largest absolute Gasteiger partial charge is 0.374 e. The van der Waals surface area contributed by atoms with Crippen LogP contribution in [0.4, 0.5) is 0 Å². The molecule has 18 heavy (non-hydrogen) atoms. The third-order valence-electron chi connectivity index (χ3n) is 3.94. The van der Waals surface area contributed by atoms with Crippen molar-refractivity contribution in [3.05, 3.63) is 0 Å². The number of alkyl halides is 1. The summed E-state index contributed by atoms with van der Waals surface area (Å²) in [4.78, 5) is 2.44. The van der Waals surface area contributed by atoms with Crippen molar-refractivity contribution in [1.29, 1.82) is 0 Å². The number of hydrogen-bond donors (Lipinski definition) is 1. The highest BCUT2D eigenvalue weighted by Crippen LogP contribution is 2.17. The van der Waals surface area contributed by atoms with Crippen LogP contribution in [0.5, 0.6) is 0 Å². The molecule has 1 heterocycles. The fourth-order valence-corrected chi connectivity index (χ4v) is 3.01. The van der Waals surface area contributed by atoms with E-state index in [9.17, 15) is 0 Å². The average molecular weight is 277 g/mol. The summed E-state index contributed by atoms with van der Waals surface area (Å²) in [6, 6.07) is 0. The van der Waals surface area contributed by atoms with Gasteiger partial charge in [-0.05, 0) is 12.5 Å². The number of likely N-dealkylation sites (N-methyl/N-ethyl adjacent to an activating group) is 1. The summed E-state index contributed by atoms with van der Waals surface area (Å²) in [5.41, 5.74) is 0. The Bertz CT molecular complexity index is 212. The van der Waals surface area contributed by atoms with Crippen LogP contribution in [0.1, 0.15) is 33.6 Å². The van der Waals surface area contributed by atoms with Gasteiger partial charge in [0.15, 0.2) is 0 Å². The van der Waals surface area contributed by atoms with Gasteiger partial charge in [-0.25, -0.2) is 0 Å². The van der Waals surface area contributed by atoms with E-state index in [-0.39, 0.29) is 5.38 Å². The van der Waals surface area contributed by atoms with Crippen LogP contribution in [0, 0.1) is 5.92 Å². The lowest BCUT2D eigenvalue weighted by Crippen LogP contribution is -2.47. The maximum atomic E-state index is 6.41. The Morgan fingerprint density at radius 3 is 2.67 bits per heavy atom. The van der Waals surface area contributed by atoms with Crippen LogP contribution in [0.2, 0.25) is 0 Å². The molecule has 0 amide bonds. The topological polar surface area (TPSA) is 24.5 Å². The highest BCUT2D eigenvalue weighted by molar-refractivity contribution is 6.21. The number of halogens is 1. The van der Waals surface area contributed by atoms with Gasteiger partial charge in [0.2, 0.25) is 0 Å². The third-order valence-corrected chi connectivity index (χ3v) is 4.45. The second-order valence-electron chi connectivity index (χ2n) is 5.14. The molecule has 1 N–H and O–H groups in total. The number of morpholine rings is 1. The molecule has 3 nitrogen and oxygen atoms in total. The lowest BCUT2D eigenvalue weighted by atomic mass is 9.99. The van der Waals surface area contributed by atoms with Gasteiger partial charge in [-0.15, -0.1) is 11.6 Å². The Balaban J connectivity index is 2.16. The van der Waals surface area contributed by atoms with Gasteiger partial charge in [-0.2, -0.15) is 0 Å². The number of nitrogens with zero attached hydrogens (tertiary/aromatic N) is 1. The molecule has 1 aliphatic rings. The van der Waals surface area contributed by atoms with Crippen LogP contribution < -0.4 is 5.32 Å². The van der Waals surface area contributed by atoms with Crippen LogP contribution in [0.3, 0.4) is 0 Å². The molecular formula is C14H29ClN2O. The zero-order valence-electron chi connectivity index (χ0n) is 12.1. The standard InChI is InChI=1S/C14H29ClN2O/c1-4-12(5-2)14(15)10-16-9-13-11-17(6-3)7-8-18-13/h12-14,16H,4-11H2,1-3H3. The van der Waals surface area contributed by atoms with E-state index in [1.807, 2.05) is 0 Å². The van der Waals surface area contributed by atoms with Gasteiger partial charge in [0.1, 0.15) is 0 Å². The smallest absolute Gasteiger partial charge is 0.0826 e. The van der Waals surface area contributed by atoms with Crippen LogP contribution in [-0.4, -0.2) is 55.7 Å². The van der Waals surface area contributed by atoms with Gasteiger partial charge < -0.3 is 10.1 Å². The predicted molar refractivity (Wildman–Crippen MR) is 78.4 cm³/mol. The fraction of sp³-hybridized carbons (Fsp3) is 1.00. The van der Waals surface area contributed by atoms with Gasteiger partial charge in [0.05, 0.1) is 12.7 Å². The molecule has 4 heteroatoms. The molecule has 1 rings (SSSR count). The van der Waals surface area contributed by atoms with E-state index in [1.165, 1.54) is 0 Å². The summed E-state index contributed by atoms with van der Waals surface area (Å²) in [7, 11) is 0. The first-order valence-corrected chi connectivity index (χ1v) is 7.83. The first kappa shape index (κ1) is 16.2. The Morgan fingerprint density at radius 1 is 1.33 bits per heavy atom. The summed E-state index contributed by atoms with van der Waals surface area (Å²) in [6.07, 6.45) is 2.65. The van der Waals surface area contributed by atoms with Gasteiger partial charge >= 0.3 is 0 Å². The summed E-state index contributed by atoms with van der Waals surface area (Å²) >= 11 is 6.41. The van der Waals surface area contributed by atoms with Crippen molar-refractivity contribution in [2.75, 3.05) is 39.3 Å². The number of nitrogens with one attached hydrogen (secondary N) is 1. The maximum Gasteiger partial charge on any atom is 0.0826 e. The Labute approximate surface area is 117 Å². The summed E-state index contributed by atoms with van der Waals surface area (Å²) in [6.45, 7) is 12.5. The maximum absolute atomic E-state index is 6.41. The molecule has 0 aromatic carbocycles. The molecule has 0 aliphatic carbocycles. The van der Waals surface area contributed by atoms with E-state index >= 15 is 0 Å².